The zero-order valence-corrected chi connectivity index (χ0v) is 16.6. The minimum absolute atomic E-state index is 0.0418. The number of para-hydroxylation sites is 1. The van der Waals surface area contributed by atoms with Crippen LogP contribution in [0.3, 0.4) is 0 Å². The maximum Gasteiger partial charge on any atom is 0.434 e. The van der Waals surface area contributed by atoms with Crippen molar-refractivity contribution in [2.24, 2.45) is 7.05 Å². The van der Waals surface area contributed by atoms with Crippen molar-refractivity contribution in [2.45, 2.75) is 31.5 Å². The number of urea groups is 1. The average molecular weight is 423 g/mol. The van der Waals surface area contributed by atoms with Crippen LogP contribution in [0.25, 0.3) is 10.9 Å². The Morgan fingerprint density at radius 1 is 1.28 bits per heavy atom. The Hall–Kier alpha value is -2.62. The Morgan fingerprint density at radius 3 is 2.69 bits per heavy atom. The van der Waals surface area contributed by atoms with Crippen molar-refractivity contribution in [1.29, 1.82) is 0 Å². The summed E-state index contributed by atoms with van der Waals surface area (Å²) >= 11 is 1.04. The smallest absolute Gasteiger partial charge is 0.332 e. The van der Waals surface area contributed by atoms with E-state index in [1.165, 1.54) is 0 Å². The Labute approximate surface area is 169 Å². The summed E-state index contributed by atoms with van der Waals surface area (Å²) in [4.78, 5) is 18.0. The lowest BCUT2D eigenvalue weighted by atomic mass is 9.98. The SMILES string of the molecule is Cn1nc(CNC(=O)N2CCC(c3nc(C(F)(F)F)cs3)CC2)c2ccccc21. The van der Waals surface area contributed by atoms with Gasteiger partial charge < -0.3 is 10.2 Å². The topological polar surface area (TPSA) is 63.1 Å². The first-order valence-corrected chi connectivity index (χ1v) is 10.2. The van der Waals surface area contributed by atoms with Gasteiger partial charge in [-0.2, -0.15) is 18.3 Å². The van der Waals surface area contributed by atoms with Crippen molar-refractivity contribution in [2.75, 3.05) is 13.1 Å². The Kier molecular flexibility index (Phi) is 5.20. The summed E-state index contributed by atoms with van der Waals surface area (Å²) in [7, 11) is 1.86. The van der Waals surface area contributed by atoms with Crippen molar-refractivity contribution < 1.29 is 18.0 Å². The van der Waals surface area contributed by atoms with Gasteiger partial charge in [-0.3, -0.25) is 4.68 Å². The lowest BCUT2D eigenvalue weighted by molar-refractivity contribution is -0.140. The van der Waals surface area contributed by atoms with Crippen LogP contribution in [0.2, 0.25) is 0 Å². The summed E-state index contributed by atoms with van der Waals surface area (Å²) in [5.41, 5.74) is 0.966. The molecule has 2 aromatic heterocycles. The van der Waals surface area contributed by atoms with Crippen LogP contribution in [0.5, 0.6) is 0 Å². The third-order valence-electron chi connectivity index (χ3n) is 5.19. The van der Waals surface area contributed by atoms with Crippen LogP contribution < -0.4 is 5.32 Å². The van der Waals surface area contributed by atoms with Crippen LogP contribution in [0.1, 0.15) is 35.2 Å². The normalized spacial score (nSPS) is 15.8. The predicted molar refractivity (Wildman–Crippen MR) is 104 cm³/mol. The standard InChI is InChI=1S/C19H20F3N5OS/c1-26-15-5-3-2-4-13(15)14(25-26)10-23-18(28)27-8-6-12(7-9-27)17-24-16(11-29-17)19(20,21)22/h2-5,11-12H,6-10H2,1H3,(H,23,28). The molecule has 6 nitrogen and oxygen atoms in total. The molecule has 1 N–H and O–H groups in total. The van der Waals surface area contributed by atoms with Gasteiger partial charge in [0.1, 0.15) is 0 Å². The van der Waals surface area contributed by atoms with E-state index in [2.05, 4.69) is 15.4 Å². The van der Waals surface area contributed by atoms with Crippen LogP contribution >= 0.6 is 11.3 Å². The first-order chi connectivity index (χ1) is 13.8. The van der Waals surface area contributed by atoms with Crippen molar-refractivity contribution in [3.05, 3.63) is 46.0 Å². The van der Waals surface area contributed by atoms with Crippen LogP contribution in [-0.2, 0) is 19.8 Å². The number of carbonyl (C=O) groups excluding carboxylic acids is 1. The number of aromatic nitrogens is 3. The molecule has 154 valence electrons. The molecule has 0 bridgehead atoms. The van der Waals surface area contributed by atoms with E-state index in [4.69, 9.17) is 0 Å². The Bertz CT molecular complexity index is 1020. The van der Waals surface area contributed by atoms with E-state index >= 15 is 0 Å². The van der Waals surface area contributed by atoms with E-state index < -0.39 is 11.9 Å². The van der Waals surface area contributed by atoms with Gasteiger partial charge in [-0.1, -0.05) is 18.2 Å². The molecular weight excluding hydrogens is 403 g/mol. The number of hydrogen-bond donors (Lipinski definition) is 1. The van der Waals surface area contributed by atoms with Gasteiger partial charge in [-0.15, -0.1) is 11.3 Å². The third-order valence-corrected chi connectivity index (χ3v) is 6.19. The summed E-state index contributed by atoms with van der Waals surface area (Å²) in [5, 5.41) is 9.92. The number of fused-ring (bicyclic) bond motifs is 1. The van der Waals surface area contributed by atoms with E-state index in [1.807, 2.05) is 31.3 Å². The van der Waals surface area contributed by atoms with E-state index in [1.54, 1.807) is 9.58 Å². The van der Waals surface area contributed by atoms with Gasteiger partial charge in [0.25, 0.3) is 0 Å². The molecule has 0 saturated carbocycles. The fourth-order valence-corrected chi connectivity index (χ4v) is 4.62. The van der Waals surface area contributed by atoms with Gasteiger partial charge >= 0.3 is 12.2 Å². The number of alkyl halides is 3. The fourth-order valence-electron chi connectivity index (χ4n) is 3.63. The number of benzene rings is 1. The number of halogens is 3. The largest absolute Gasteiger partial charge is 0.434 e. The number of hydrogen-bond acceptors (Lipinski definition) is 4. The maximum absolute atomic E-state index is 12.7. The number of nitrogens with zero attached hydrogens (tertiary/aromatic N) is 4. The zero-order chi connectivity index (χ0) is 20.6. The molecule has 4 rings (SSSR count). The van der Waals surface area contributed by atoms with Crippen molar-refractivity contribution >= 4 is 28.3 Å². The summed E-state index contributed by atoms with van der Waals surface area (Å²) in [5.74, 6) is -0.0418. The Balaban J connectivity index is 1.33. The van der Waals surface area contributed by atoms with Crippen LogP contribution in [0, 0.1) is 0 Å². The summed E-state index contributed by atoms with van der Waals surface area (Å²) in [6.07, 6.45) is -3.21. The molecule has 0 spiro atoms. The molecule has 1 aromatic carbocycles. The van der Waals surface area contributed by atoms with E-state index in [0.717, 1.165) is 33.3 Å². The fraction of sp³-hybridized carbons (Fsp3) is 0.421. The highest BCUT2D eigenvalue weighted by Gasteiger charge is 2.35. The number of likely N-dealkylation sites (tertiary alicyclic amines) is 1. The minimum Gasteiger partial charge on any atom is -0.332 e. The lowest BCUT2D eigenvalue weighted by Gasteiger charge is -2.31. The van der Waals surface area contributed by atoms with Gasteiger partial charge in [0.2, 0.25) is 0 Å². The minimum atomic E-state index is -4.41. The van der Waals surface area contributed by atoms with E-state index in [9.17, 15) is 18.0 Å². The van der Waals surface area contributed by atoms with E-state index in [-0.39, 0.29) is 11.9 Å². The highest BCUT2D eigenvalue weighted by molar-refractivity contribution is 7.09. The number of piperidine rings is 1. The molecule has 3 heterocycles. The second-order valence-corrected chi connectivity index (χ2v) is 7.97. The van der Waals surface area contributed by atoms with Crippen molar-refractivity contribution in [3.8, 4) is 0 Å². The van der Waals surface area contributed by atoms with E-state index in [0.29, 0.717) is 37.5 Å². The number of aryl methyl sites for hydroxylation is 1. The lowest BCUT2D eigenvalue weighted by Crippen LogP contribution is -2.43. The molecule has 1 fully saturated rings. The van der Waals surface area contributed by atoms with Gasteiger partial charge in [0, 0.05) is 36.8 Å². The quantitative estimate of drug-likeness (QED) is 0.689. The van der Waals surface area contributed by atoms with Gasteiger partial charge in [-0.25, -0.2) is 9.78 Å². The van der Waals surface area contributed by atoms with Crippen molar-refractivity contribution in [3.63, 3.8) is 0 Å². The van der Waals surface area contributed by atoms with Crippen LogP contribution in [-0.4, -0.2) is 38.8 Å². The van der Waals surface area contributed by atoms with Crippen LogP contribution in [0.15, 0.2) is 29.6 Å². The highest BCUT2D eigenvalue weighted by Crippen LogP contribution is 2.35. The van der Waals surface area contributed by atoms with Gasteiger partial charge in [-0.05, 0) is 18.9 Å². The maximum atomic E-state index is 12.7. The molecule has 1 aliphatic heterocycles. The number of carbonyl (C=O) groups is 1. The third kappa shape index (κ3) is 4.07. The molecule has 0 unspecified atom stereocenters. The molecule has 2 amide bonds. The molecule has 10 heteroatoms. The molecule has 3 aromatic rings. The molecule has 1 aliphatic rings. The van der Waals surface area contributed by atoms with Crippen LogP contribution in [0.4, 0.5) is 18.0 Å². The molecule has 0 aliphatic carbocycles. The summed E-state index contributed by atoms with van der Waals surface area (Å²) < 4.78 is 40.0. The second kappa shape index (κ2) is 7.66. The highest BCUT2D eigenvalue weighted by atomic mass is 32.1. The van der Waals surface area contributed by atoms with Crippen molar-refractivity contribution in [1.82, 2.24) is 25.0 Å². The van der Waals surface area contributed by atoms with Gasteiger partial charge in [0.05, 0.1) is 22.8 Å². The first-order valence-electron chi connectivity index (χ1n) is 9.29. The first kappa shape index (κ1) is 19.7. The molecular formula is C19H20F3N5OS. The Morgan fingerprint density at radius 2 is 2.00 bits per heavy atom. The second-order valence-electron chi connectivity index (χ2n) is 7.08. The predicted octanol–water partition coefficient (Wildman–Crippen LogP) is 4.14. The number of amides is 2. The molecule has 0 radical (unpaired) electrons. The summed E-state index contributed by atoms with van der Waals surface area (Å²) in [6, 6.07) is 7.63. The number of thiazole rings is 1. The summed E-state index contributed by atoms with van der Waals surface area (Å²) in [6.45, 7) is 1.29. The zero-order valence-electron chi connectivity index (χ0n) is 15.7. The molecule has 1 saturated heterocycles. The number of nitrogens with one attached hydrogen (secondary N) is 1. The van der Waals surface area contributed by atoms with Gasteiger partial charge in [0.15, 0.2) is 5.69 Å². The monoisotopic (exact) mass is 423 g/mol. The molecule has 0 atom stereocenters. The molecule has 29 heavy (non-hydrogen) atoms. The average Bonchev–Trinajstić information content (AvgIpc) is 3.32. The number of rotatable bonds is 3.